The van der Waals surface area contributed by atoms with Crippen molar-refractivity contribution in [2.75, 3.05) is 7.05 Å². The van der Waals surface area contributed by atoms with Crippen LogP contribution in [0.15, 0.2) is 41.5 Å². The molecule has 5 nitrogen and oxygen atoms in total. The van der Waals surface area contributed by atoms with E-state index in [1.807, 2.05) is 25.1 Å². The van der Waals surface area contributed by atoms with E-state index >= 15 is 0 Å². The molecule has 0 aromatic heterocycles. The molecule has 0 unspecified atom stereocenters. The number of likely N-dealkylation sites (tertiary alicyclic amines) is 1. The second kappa shape index (κ2) is 6.67. The van der Waals surface area contributed by atoms with E-state index < -0.39 is 7.12 Å². The van der Waals surface area contributed by atoms with E-state index in [4.69, 9.17) is 4.65 Å². The van der Waals surface area contributed by atoms with Crippen molar-refractivity contribution in [3.63, 3.8) is 0 Å². The summed E-state index contributed by atoms with van der Waals surface area (Å²) in [6.45, 7) is 2.05. The second-order valence-electron chi connectivity index (χ2n) is 7.75. The van der Waals surface area contributed by atoms with Gasteiger partial charge in [-0.25, -0.2) is 0 Å². The van der Waals surface area contributed by atoms with Crippen LogP contribution in [0.25, 0.3) is 0 Å². The van der Waals surface area contributed by atoms with Crippen LogP contribution in [0.1, 0.15) is 25.3 Å². The highest BCUT2D eigenvalue weighted by Crippen LogP contribution is 2.49. The summed E-state index contributed by atoms with van der Waals surface area (Å²) in [4.78, 5) is 26.4. The maximum Gasteiger partial charge on any atom is 0.455 e. The lowest BCUT2D eigenvalue weighted by Crippen LogP contribution is -2.46. The number of rotatable bonds is 3. The third kappa shape index (κ3) is 2.81. The van der Waals surface area contributed by atoms with Gasteiger partial charge in [-0.2, -0.15) is 0 Å². The number of nitrogens with zero attached hydrogens (tertiary/aromatic N) is 1. The fraction of sp³-hybridized carbons (Fsp3) is 0.500. The van der Waals surface area contributed by atoms with Crippen LogP contribution in [-0.2, 0) is 20.7 Å². The summed E-state index contributed by atoms with van der Waals surface area (Å²) in [7, 11) is 0.686. The van der Waals surface area contributed by atoms with Gasteiger partial charge in [-0.05, 0) is 49.6 Å². The smallest absolute Gasteiger partial charge is 0.427 e. The standard InChI is InChI=1S/C20H24BNO4/c1-12-10-14-18(20(24)22(2)19(14)23)15-11-21(25)26-16(17(12)15)9-8-13-6-4-3-5-7-13/h3-7,14-16,18,25H,8-11H2,1-2H3/t14-,15+,16-,18-/m1/s1. The van der Waals surface area contributed by atoms with E-state index in [0.29, 0.717) is 12.7 Å². The van der Waals surface area contributed by atoms with Crippen molar-refractivity contribution in [1.29, 1.82) is 0 Å². The number of hydrogen-bond donors (Lipinski definition) is 1. The quantitative estimate of drug-likeness (QED) is 0.513. The summed E-state index contributed by atoms with van der Waals surface area (Å²) in [6, 6.07) is 10.2. The molecular formula is C20H24BNO4. The number of carbonyl (C=O) groups is 2. The first kappa shape index (κ1) is 17.5. The predicted molar refractivity (Wildman–Crippen MR) is 98.0 cm³/mol. The Labute approximate surface area is 154 Å². The Hall–Kier alpha value is -1.92. The third-order valence-corrected chi connectivity index (χ3v) is 6.21. The van der Waals surface area contributed by atoms with Gasteiger partial charge in [0, 0.05) is 7.05 Å². The van der Waals surface area contributed by atoms with Gasteiger partial charge in [0.1, 0.15) is 0 Å². The van der Waals surface area contributed by atoms with E-state index in [9.17, 15) is 14.6 Å². The fourth-order valence-corrected chi connectivity index (χ4v) is 5.02. The van der Waals surface area contributed by atoms with Crippen molar-refractivity contribution >= 4 is 18.9 Å². The Morgan fingerprint density at radius 1 is 1.19 bits per heavy atom. The van der Waals surface area contributed by atoms with Gasteiger partial charge in [0.05, 0.1) is 17.9 Å². The van der Waals surface area contributed by atoms with Gasteiger partial charge in [-0.1, -0.05) is 35.9 Å². The third-order valence-electron chi connectivity index (χ3n) is 6.21. The van der Waals surface area contributed by atoms with E-state index in [1.165, 1.54) is 10.5 Å². The summed E-state index contributed by atoms with van der Waals surface area (Å²) in [6.07, 6.45) is 2.43. The molecule has 136 valence electrons. The highest BCUT2D eigenvalue weighted by molar-refractivity contribution is 6.43. The Morgan fingerprint density at radius 2 is 1.92 bits per heavy atom. The molecule has 0 bridgehead atoms. The van der Waals surface area contributed by atoms with E-state index in [-0.39, 0.29) is 35.7 Å². The van der Waals surface area contributed by atoms with E-state index in [0.717, 1.165) is 24.0 Å². The summed E-state index contributed by atoms with van der Waals surface area (Å²) >= 11 is 0. The Morgan fingerprint density at radius 3 is 2.65 bits per heavy atom. The zero-order valence-corrected chi connectivity index (χ0v) is 15.2. The van der Waals surface area contributed by atoms with Gasteiger partial charge in [0.15, 0.2) is 0 Å². The highest BCUT2D eigenvalue weighted by atomic mass is 16.5. The van der Waals surface area contributed by atoms with Crippen LogP contribution < -0.4 is 0 Å². The molecule has 1 aliphatic carbocycles. The molecule has 3 aliphatic rings. The molecule has 4 atom stereocenters. The highest BCUT2D eigenvalue weighted by Gasteiger charge is 2.55. The number of imide groups is 1. The molecule has 26 heavy (non-hydrogen) atoms. The minimum atomic E-state index is -0.884. The lowest BCUT2D eigenvalue weighted by molar-refractivity contribution is -0.138. The van der Waals surface area contributed by atoms with Gasteiger partial charge in [-0.15, -0.1) is 0 Å². The zero-order chi connectivity index (χ0) is 18.4. The minimum Gasteiger partial charge on any atom is -0.427 e. The summed E-state index contributed by atoms with van der Waals surface area (Å²) < 4.78 is 5.87. The molecule has 2 saturated heterocycles. The largest absolute Gasteiger partial charge is 0.455 e. The Bertz CT molecular complexity index is 762. The van der Waals surface area contributed by atoms with E-state index in [2.05, 4.69) is 12.1 Å². The first-order valence-corrected chi connectivity index (χ1v) is 9.35. The van der Waals surface area contributed by atoms with Crippen LogP contribution in [0.3, 0.4) is 0 Å². The predicted octanol–water partition coefficient (Wildman–Crippen LogP) is 2.07. The van der Waals surface area contributed by atoms with Gasteiger partial charge in [-0.3, -0.25) is 14.5 Å². The van der Waals surface area contributed by atoms with Gasteiger partial charge in [0.25, 0.3) is 0 Å². The van der Waals surface area contributed by atoms with Crippen LogP contribution in [-0.4, -0.2) is 42.0 Å². The number of amides is 2. The fourth-order valence-electron chi connectivity index (χ4n) is 5.02. The SMILES string of the molecule is CC1=C2[C@@H](CCc3ccccc3)OB(O)C[C@@H]2[C@@H]2C(=O)N(C)C(=O)[C@@H]2C1. The van der Waals surface area contributed by atoms with Crippen molar-refractivity contribution in [2.45, 2.75) is 38.6 Å². The first-order valence-electron chi connectivity index (χ1n) is 9.35. The van der Waals surface area contributed by atoms with Crippen LogP contribution in [0.2, 0.25) is 6.32 Å². The molecule has 1 aromatic carbocycles. The maximum atomic E-state index is 12.7. The topological polar surface area (TPSA) is 66.8 Å². The summed E-state index contributed by atoms with van der Waals surface area (Å²) in [5.74, 6) is -0.906. The molecule has 2 aliphatic heterocycles. The summed E-state index contributed by atoms with van der Waals surface area (Å²) in [5, 5.41) is 10.3. The van der Waals surface area contributed by atoms with Crippen molar-refractivity contribution < 1.29 is 19.3 Å². The molecule has 0 radical (unpaired) electrons. The lowest BCUT2D eigenvalue weighted by Gasteiger charge is -2.42. The van der Waals surface area contributed by atoms with Crippen molar-refractivity contribution in [2.24, 2.45) is 17.8 Å². The number of allylic oxidation sites excluding steroid dienone is 1. The monoisotopic (exact) mass is 353 g/mol. The van der Waals surface area contributed by atoms with Crippen LogP contribution in [0.5, 0.6) is 0 Å². The Balaban J connectivity index is 1.62. The van der Waals surface area contributed by atoms with Gasteiger partial charge in [0.2, 0.25) is 11.8 Å². The van der Waals surface area contributed by atoms with Gasteiger partial charge >= 0.3 is 7.12 Å². The molecule has 1 aromatic rings. The average molecular weight is 353 g/mol. The van der Waals surface area contributed by atoms with Crippen molar-refractivity contribution in [3.8, 4) is 0 Å². The molecule has 2 fully saturated rings. The number of aryl methyl sites for hydroxylation is 1. The molecule has 4 rings (SSSR count). The lowest BCUT2D eigenvalue weighted by atomic mass is 9.59. The molecule has 2 heterocycles. The molecule has 2 amide bonds. The van der Waals surface area contributed by atoms with E-state index in [1.54, 1.807) is 7.05 Å². The second-order valence-corrected chi connectivity index (χ2v) is 7.75. The number of hydrogen-bond acceptors (Lipinski definition) is 4. The van der Waals surface area contributed by atoms with Crippen molar-refractivity contribution in [3.05, 3.63) is 47.0 Å². The zero-order valence-electron chi connectivity index (χ0n) is 15.2. The molecule has 0 saturated carbocycles. The molecule has 6 heteroatoms. The number of benzene rings is 1. The normalized spacial score (nSPS) is 31.3. The summed E-state index contributed by atoms with van der Waals surface area (Å²) in [5.41, 5.74) is 3.52. The number of fused-ring (bicyclic) bond motifs is 3. The minimum absolute atomic E-state index is 0.0831. The molecular weight excluding hydrogens is 329 g/mol. The number of carbonyl (C=O) groups excluding carboxylic acids is 2. The Kier molecular flexibility index (Phi) is 4.49. The van der Waals surface area contributed by atoms with Crippen LogP contribution in [0.4, 0.5) is 0 Å². The first-order chi connectivity index (χ1) is 12.5. The molecule has 1 N–H and O–H groups in total. The van der Waals surface area contributed by atoms with Gasteiger partial charge < -0.3 is 9.68 Å². The van der Waals surface area contributed by atoms with Crippen LogP contribution in [0, 0.1) is 17.8 Å². The average Bonchev–Trinajstić information content (AvgIpc) is 2.84. The van der Waals surface area contributed by atoms with Crippen molar-refractivity contribution in [1.82, 2.24) is 4.90 Å². The van der Waals surface area contributed by atoms with Crippen LogP contribution >= 0.6 is 0 Å². The maximum absolute atomic E-state index is 12.7. The molecule has 0 spiro atoms.